The van der Waals surface area contributed by atoms with Crippen molar-refractivity contribution in [2.75, 3.05) is 13.1 Å². The Hall–Kier alpha value is -1.00. The molecule has 1 unspecified atom stereocenters. The van der Waals surface area contributed by atoms with Crippen molar-refractivity contribution in [3.63, 3.8) is 0 Å². The number of hydrogen-bond donors (Lipinski definition) is 1. The van der Waals surface area contributed by atoms with Crippen LogP contribution in [0.25, 0.3) is 0 Å². The van der Waals surface area contributed by atoms with E-state index in [1.54, 1.807) is 0 Å². The Kier molecular flexibility index (Phi) is 3.54. The van der Waals surface area contributed by atoms with Crippen LogP contribution in [0.15, 0.2) is 12.4 Å². The molecule has 0 aromatic carbocycles. The number of hydrogen-bond acceptors (Lipinski definition) is 4. The molecule has 4 nitrogen and oxygen atoms in total. The third-order valence-corrected chi connectivity index (χ3v) is 4.66. The van der Waals surface area contributed by atoms with Crippen molar-refractivity contribution in [2.24, 2.45) is 0 Å². The lowest BCUT2D eigenvalue weighted by Crippen LogP contribution is -2.62. The summed E-state index contributed by atoms with van der Waals surface area (Å²) in [6.45, 7) is 7.47. The standard InChI is InChI=1S/C15H24N4/c1-12-7-17-14(9-16-12)10-19-11-15(5-3-4-6-15)18-8-13(19)2/h7,9,13,18H,3-6,8,10-11H2,1-2H3. The van der Waals surface area contributed by atoms with Crippen molar-refractivity contribution in [1.82, 2.24) is 20.2 Å². The molecule has 1 aliphatic heterocycles. The van der Waals surface area contributed by atoms with E-state index in [1.165, 1.54) is 25.7 Å². The highest BCUT2D eigenvalue weighted by molar-refractivity contribution is 5.04. The first kappa shape index (κ1) is 13.0. The molecule has 1 aromatic rings. The Morgan fingerprint density at radius 3 is 2.79 bits per heavy atom. The van der Waals surface area contributed by atoms with E-state index in [1.807, 2.05) is 19.3 Å². The van der Waals surface area contributed by atoms with Crippen LogP contribution in [0, 0.1) is 6.92 Å². The predicted molar refractivity (Wildman–Crippen MR) is 75.8 cm³/mol. The molecule has 1 atom stereocenters. The third-order valence-electron chi connectivity index (χ3n) is 4.66. The molecule has 2 aliphatic rings. The summed E-state index contributed by atoms with van der Waals surface area (Å²) >= 11 is 0. The van der Waals surface area contributed by atoms with E-state index in [9.17, 15) is 0 Å². The van der Waals surface area contributed by atoms with Gasteiger partial charge in [0.05, 0.1) is 11.4 Å². The molecule has 0 radical (unpaired) electrons. The predicted octanol–water partition coefficient (Wildman–Crippen LogP) is 1.89. The molecular weight excluding hydrogens is 236 g/mol. The maximum Gasteiger partial charge on any atom is 0.0727 e. The van der Waals surface area contributed by atoms with Gasteiger partial charge in [-0.2, -0.15) is 0 Å². The topological polar surface area (TPSA) is 41.1 Å². The molecule has 1 saturated heterocycles. The minimum absolute atomic E-state index is 0.380. The Morgan fingerprint density at radius 2 is 2.11 bits per heavy atom. The molecule has 1 N–H and O–H groups in total. The summed E-state index contributed by atoms with van der Waals surface area (Å²) in [5.74, 6) is 0. The van der Waals surface area contributed by atoms with Crippen molar-refractivity contribution in [2.45, 2.75) is 57.7 Å². The molecule has 104 valence electrons. The van der Waals surface area contributed by atoms with Gasteiger partial charge in [0.1, 0.15) is 0 Å². The average molecular weight is 260 g/mol. The number of piperazine rings is 1. The van der Waals surface area contributed by atoms with Crippen molar-refractivity contribution in [3.8, 4) is 0 Å². The van der Waals surface area contributed by atoms with Gasteiger partial charge in [0, 0.05) is 43.6 Å². The number of aryl methyl sites for hydroxylation is 1. The molecule has 1 saturated carbocycles. The highest BCUT2D eigenvalue weighted by atomic mass is 15.3. The van der Waals surface area contributed by atoms with Crippen LogP contribution in [-0.4, -0.2) is 39.5 Å². The lowest BCUT2D eigenvalue weighted by atomic mass is 9.92. The zero-order valence-electron chi connectivity index (χ0n) is 12.0. The van der Waals surface area contributed by atoms with Gasteiger partial charge in [0.15, 0.2) is 0 Å². The Bertz CT molecular complexity index is 422. The van der Waals surface area contributed by atoms with Gasteiger partial charge in [-0.15, -0.1) is 0 Å². The second-order valence-corrected chi connectivity index (χ2v) is 6.27. The summed E-state index contributed by atoms with van der Waals surface area (Å²) in [5, 5.41) is 3.79. The monoisotopic (exact) mass is 260 g/mol. The van der Waals surface area contributed by atoms with Gasteiger partial charge < -0.3 is 5.32 Å². The van der Waals surface area contributed by atoms with Crippen LogP contribution in [0.2, 0.25) is 0 Å². The summed E-state index contributed by atoms with van der Waals surface area (Å²) in [4.78, 5) is 11.4. The first-order valence-electron chi connectivity index (χ1n) is 7.43. The van der Waals surface area contributed by atoms with E-state index in [-0.39, 0.29) is 0 Å². The van der Waals surface area contributed by atoms with E-state index in [2.05, 4.69) is 27.1 Å². The van der Waals surface area contributed by atoms with E-state index in [0.717, 1.165) is 31.0 Å². The number of aromatic nitrogens is 2. The van der Waals surface area contributed by atoms with E-state index < -0.39 is 0 Å². The molecule has 1 aliphatic carbocycles. The smallest absolute Gasteiger partial charge is 0.0727 e. The van der Waals surface area contributed by atoms with Gasteiger partial charge in [-0.25, -0.2) is 0 Å². The lowest BCUT2D eigenvalue weighted by Gasteiger charge is -2.45. The number of nitrogens with one attached hydrogen (secondary N) is 1. The zero-order valence-corrected chi connectivity index (χ0v) is 12.0. The fraction of sp³-hybridized carbons (Fsp3) is 0.733. The molecule has 1 aromatic heterocycles. The van der Waals surface area contributed by atoms with Crippen molar-refractivity contribution in [1.29, 1.82) is 0 Å². The van der Waals surface area contributed by atoms with Gasteiger partial charge in [-0.3, -0.25) is 14.9 Å². The van der Waals surface area contributed by atoms with E-state index in [4.69, 9.17) is 0 Å². The van der Waals surface area contributed by atoms with Gasteiger partial charge in [0.25, 0.3) is 0 Å². The van der Waals surface area contributed by atoms with Crippen LogP contribution in [-0.2, 0) is 6.54 Å². The summed E-state index contributed by atoms with van der Waals surface area (Å²) in [5.41, 5.74) is 2.46. The minimum Gasteiger partial charge on any atom is -0.308 e. The van der Waals surface area contributed by atoms with Crippen LogP contribution in [0.1, 0.15) is 44.0 Å². The Morgan fingerprint density at radius 1 is 1.32 bits per heavy atom. The first-order chi connectivity index (χ1) is 9.17. The zero-order chi connectivity index (χ0) is 13.3. The van der Waals surface area contributed by atoms with Gasteiger partial charge in [-0.05, 0) is 26.7 Å². The Labute approximate surface area is 115 Å². The summed E-state index contributed by atoms with van der Waals surface area (Å²) in [6, 6.07) is 0.578. The molecule has 19 heavy (non-hydrogen) atoms. The maximum atomic E-state index is 4.50. The van der Waals surface area contributed by atoms with Crippen molar-refractivity contribution >= 4 is 0 Å². The van der Waals surface area contributed by atoms with E-state index >= 15 is 0 Å². The molecule has 2 fully saturated rings. The van der Waals surface area contributed by atoms with Crippen LogP contribution in [0.4, 0.5) is 0 Å². The molecule has 1 spiro atoms. The number of nitrogens with zero attached hydrogens (tertiary/aromatic N) is 3. The summed E-state index contributed by atoms with van der Waals surface area (Å²) < 4.78 is 0. The molecule has 2 heterocycles. The highest BCUT2D eigenvalue weighted by Crippen LogP contribution is 2.33. The van der Waals surface area contributed by atoms with Crippen molar-refractivity contribution < 1.29 is 0 Å². The molecular formula is C15H24N4. The van der Waals surface area contributed by atoms with Gasteiger partial charge >= 0.3 is 0 Å². The summed E-state index contributed by atoms with van der Waals surface area (Å²) in [7, 11) is 0. The third kappa shape index (κ3) is 2.79. The highest BCUT2D eigenvalue weighted by Gasteiger charge is 2.39. The van der Waals surface area contributed by atoms with Crippen molar-refractivity contribution in [3.05, 3.63) is 23.8 Å². The average Bonchev–Trinajstić information content (AvgIpc) is 2.85. The van der Waals surface area contributed by atoms with Crippen LogP contribution in [0.3, 0.4) is 0 Å². The second kappa shape index (κ2) is 5.17. The molecule has 3 rings (SSSR count). The number of rotatable bonds is 2. The summed E-state index contributed by atoms with van der Waals surface area (Å²) in [6.07, 6.45) is 9.20. The fourth-order valence-corrected chi connectivity index (χ4v) is 3.40. The lowest BCUT2D eigenvalue weighted by molar-refractivity contribution is 0.0814. The molecule has 0 amide bonds. The second-order valence-electron chi connectivity index (χ2n) is 6.27. The SMILES string of the molecule is Cc1cnc(CN2CC3(CCCC3)NCC2C)cn1. The quantitative estimate of drug-likeness (QED) is 0.881. The van der Waals surface area contributed by atoms with Crippen LogP contribution < -0.4 is 5.32 Å². The van der Waals surface area contributed by atoms with Gasteiger partial charge in [-0.1, -0.05) is 12.8 Å². The van der Waals surface area contributed by atoms with Crippen LogP contribution in [0.5, 0.6) is 0 Å². The normalized spacial score (nSPS) is 26.9. The largest absolute Gasteiger partial charge is 0.308 e. The Balaban J connectivity index is 1.69. The maximum absolute atomic E-state index is 4.50. The minimum atomic E-state index is 0.380. The van der Waals surface area contributed by atoms with Gasteiger partial charge in [0.2, 0.25) is 0 Å². The fourth-order valence-electron chi connectivity index (χ4n) is 3.40. The molecule has 4 heteroatoms. The first-order valence-corrected chi connectivity index (χ1v) is 7.43. The van der Waals surface area contributed by atoms with E-state index in [0.29, 0.717) is 11.6 Å². The van der Waals surface area contributed by atoms with Crippen LogP contribution >= 0.6 is 0 Å². The molecule has 0 bridgehead atoms.